The van der Waals surface area contributed by atoms with E-state index in [0.29, 0.717) is 0 Å². The minimum atomic E-state index is -0.445. The van der Waals surface area contributed by atoms with E-state index in [4.69, 9.17) is 4.74 Å². The van der Waals surface area contributed by atoms with Crippen LogP contribution in [0.3, 0.4) is 0 Å². The van der Waals surface area contributed by atoms with Gasteiger partial charge in [-0.2, -0.15) is 0 Å². The summed E-state index contributed by atoms with van der Waals surface area (Å²) >= 11 is 0. The minimum absolute atomic E-state index is 0.242. The van der Waals surface area contributed by atoms with Crippen molar-refractivity contribution < 1.29 is 4.74 Å². The zero-order valence-electron chi connectivity index (χ0n) is 9.98. The van der Waals surface area contributed by atoms with Gasteiger partial charge in [0.15, 0.2) is 0 Å². The van der Waals surface area contributed by atoms with E-state index in [1.807, 2.05) is 6.92 Å². The molecule has 90 valence electrons. The Kier molecular flexibility index (Phi) is 3.54. The number of nitrogens with zero attached hydrogens (tertiary/aromatic N) is 2. The second-order valence-corrected chi connectivity index (χ2v) is 3.86. The van der Waals surface area contributed by atoms with Gasteiger partial charge in [-0.3, -0.25) is 0 Å². The second-order valence-electron chi connectivity index (χ2n) is 3.86. The van der Waals surface area contributed by atoms with Crippen molar-refractivity contribution in [3.8, 4) is 0 Å². The maximum atomic E-state index is 11.8. The van der Waals surface area contributed by atoms with Gasteiger partial charge in [0.1, 0.15) is 6.04 Å². The molecule has 0 aliphatic heterocycles. The number of hydrogen-bond donors (Lipinski definition) is 1. The van der Waals surface area contributed by atoms with Crippen LogP contribution in [0.2, 0.25) is 0 Å². The van der Waals surface area contributed by atoms with Crippen molar-refractivity contribution in [2.75, 3.05) is 7.11 Å². The molecule has 1 aromatic rings. The Labute approximate surface area is 93.1 Å². The summed E-state index contributed by atoms with van der Waals surface area (Å²) in [7, 11) is 2.97. The van der Waals surface area contributed by atoms with E-state index in [-0.39, 0.29) is 12.1 Å². The molecule has 0 fully saturated rings. The Hall–Kier alpha value is -1.56. The minimum Gasteiger partial charge on any atom is -0.379 e. The number of aromatic amines is 1. The van der Waals surface area contributed by atoms with Crippen LogP contribution in [0.4, 0.5) is 0 Å². The fourth-order valence-corrected chi connectivity index (χ4v) is 1.62. The highest BCUT2D eigenvalue weighted by Gasteiger charge is 2.23. The van der Waals surface area contributed by atoms with E-state index in [0.717, 1.165) is 10.1 Å². The van der Waals surface area contributed by atoms with Crippen molar-refractivity contribution in [2.24, 2.45) is 7.05 Å². The van der Waals surface area contributed by atoms with Gasteiger partial charge in [0.25, 0.3) is 0 Å². The van der Waals surface area contributed by atoms with Crippen LogP contribution >= 0.6 is 0 Å². The van der Waals surface area contributed by atoms with E-state index in [1.54, 1.807) is 14.0 Å². The molecule has 2 atom stereocenters. The lowest BCUT2D eigenvalue weighted by atomic mass is 10.1. The molecule has 0 amide bonds. The van der Waals surface area contributed by atoms with E-state index in [9.17, 15) is 9.59 Å². The van der Waals surface area contributed by atoms with Crippen LogP contribution in [0.15, 0.2) is 21.7 Å². The van der Waals surface area contributed by atoms with Crippen LogP contribution in [-0.2, 0) is 11.8 Å². The maximum absolute atomic E-state index is 11.8. The fourth-order valence-electron chi connectivity index (χ4n) is 1.62. The van der Waals surface area contributed by atoms with Crippen LogP contribution in [0.1, 0.15) is 19.9 Å². The molecular formula is C10H17N3O3. The van der Waals surface area contributed by atoms with Gasteiger partial charge >= 0.3 is 11.4 Å². The fraction of sp³-hybridized carbons (Fsp3) is 0.600. The summed E-state index contributed by atoms with van der Waals surface area (Å²) in [6, 6.07) is -0.369. The average Bonchev–Trinajstić information content (AvgIpc) is 2.46. The Morgan fingerprint density at radius 3 is 2.38 bits per heavy atom. The van der Waals surface area contributed by atoms with Crippen LogP contribution in [-0.4, -0.2) is 27.6 Å². The van der Waals surface area contributed by atoms with E-state index in [1.165, 1.54) is 11.7 Å². The summed E-state index contributed by atoms with van der Waals surface area (Å²) in [6.45, 7) is 7.42. The first-order valence-electron chi connectivity index (χ1n) is 4.95. The molecule has 1 aromatic heterocycles. The summed E-state index contributed by atoms with van der Waals surface area (Å²) in [6.07, 6.45) is -0.242. The molecule has 16 heavy (non-hydrogen) atoms. The van der Waals surface area contributed by atoms with Gasteiger partial charge in [-0.05, 0) is 13.8 Å². The quantitative estimate of drug-likeness (QED) is 0.738. The molecule has 0 radical (unpaired) electrons. The summed E-state index contributed by atoms with van der Waals surface area (Å²) in [5, 5.41) is 2.48. The van der Waals surface area contributed by atoms with Crippen LogP contribution < -0.4 is 11.4 Å². The topological polar surface area (TPSA) is 69.0 Å². The van der Waals surface area contributed by atoms with Gasteiger partial charge < -0.3 is 4.74 Å². The van der Waals surface area contributed by atoms with Crippen molar-refractivity contribution >= 4 is 0 Å². The lowest BCUT2D eigenvalue weighted by Crippen LogP contribution is -2.34. The molecule has 0 aliphatic carbocycles. The molecule has 1 heterocycles. The smallest absolute Gasteiger partial charge is 0.347 e. The standard InChI is InChI=1S/C10H17N3O3/c1-6(2)8(7(3)16-5)13-10(15)12(4)9(14)11-13/h7-8H,1H2,2-5H3,(H,11,14)/t7-,8+/m0/s1. The van der Waals surface area contributed by atoms with Crippen molar-refractivity contribution in [1.82, 2.24) is 14.3 Å². The van der Waals surface area contributed by atoms with Gasteiger partial charge in [0, 0.05) is 14.2 Å². The Bertz CT molecular complexity index is 494. The molecule has 0 bridgehead atoms. The zero-order chi connectivity index (χ0) is 12.5. The molecule has 1 rings (SSSR count). The third kappa shape index (κ3) is 2.01. The van der Waals surface area contributed by atoms with E-state index < -0.39 is 11.4 Å². The highest BCUT2D eigenvalue weighted by atomic mass is 16.5. The SMILES string of the molecule is C=C(C)[C@H]([C@H](C)OC)n1[nH]c(=O)n(C)c1=O. The summed E-state index contributed by atoms with van der Waals surface area (Å²) in [5.74, 6) is 0. The van der Waals surface area contributed by atoms with Crippen LogP contribution in [0.5, 0.6) is 0 Å². The first kappa shape index (κ1) is 12.5. The van der Waals surface area contributed by atoms with Crippen molar-refractivity contribution in [1.29, 1.82) is 0 Å². The van der Waals surface area contributed by atoms with Gasteiger partial charge in [0.2, 0.25) is 0 Å². The second kappa shape index (κ2) is 4.52. The molecule has 0 spiro atoms. The predicted molar refractivity (Wildman–Crippen MR) is 60.6 cm³/mol. The van der Waals surface area contributed by atoms with Gasteiger partial charge in [-0.25, -0.2) is 23.9 Å². The number of nitrogens with one attached hydrogen (secondary N) is 1. The highest BCUT2D eigenvalue weighted by molar-refractivity contribution is 5.02. The van der Waals surface area contributed by atoms with E-state index in [2.05, 4.69) is 11.7 Å². The average molecular weight is 227 g/mol. The van der Waals surface area contributed by atoms with Gasteiger partial charge in [-0.1, -0.05) is 12.2 Å². The molecule has 0 saturated carbocycles. The van der Waals surface area contributed by atoms with Crippen molar-refractivity contribution in [2.45, 2.75) is 26.0 Å². The molecule has 0 saturated heterocycles. The number of hydrogen-bond acceptors (Lipinski definition) is 3. The molecule has 6 nitrogen and oxygen atoms in total. The normalized spacial score (nSPS) is 14.8. The molecule has 0 unspecified atom stereocenters. The summed E-state index contributed by atoms with van der Waals surface area (Å²) in [5.41, 5.74) is -0.0975. The highest BCUT2D eigenvalue weighted by Crippen LogP contribution is 2.18. The number of H-pyrrole nitrogens is 1. The Balaban J connectivity index is 3.33. The van der Waals surface area contributed by atoms with Gasteiger partial charge in [0.05, 0.1) is 6.10 Å². The van der Waals surface area contributed by atoms with Gasteiger partial charge in [-0.15, -0.1) is 0 Å². The van der Waals surface area contributed by atoms with E-state index >= 15 is 0 Å². The molecule has 1 N–H and O–H groups in total. The summed E-state index contributed by atoms with van der Waals surface area (Å²) in [4.78, 5) is 23.1. The van der Waals surface area contributed by atoms with Crippen LogP contribution in [0, 0.1) is 0 Å². The molecule has 0 aromatic carbocycles. The lowest BCUT2D eigenvalue weighted by molar-refractivity contribution is 0.0779. The largest absolute Gasteiger partial charge is 0.379 e. The monoisotopic (exact) mass is 227 g/mol. The third-order valence-electron chi connectivity index (χ3n) is 2.61. The number of ether oxygens (including phenoxy) is 1. The predicted octanol–water partition coefficient (Wildman–Crippen LogP) is 0.0272. The Morgan fingerprint density at radius 2 is 2.06 bits per heavy atom. The molecular weight excluding hydrogens is 210 g/mol. The lowest BCUT2D eigenvalue weighted by Gasteiger charge is -2.22. The zero-order valence-corrected chi connectivity index (χ0v) is 9.98. The van der Waals surface area contributed by atoms with Crippen molar-refractivity contribution in [3.05, 3.63) is 33.1 Å². The Morgan fingerprint density at radius 1 is 1.50 bits per heavy atom. The van der Waals surface area contributed by atoms with Crippen LogP contribution in [0.25, 0.3) is 0 Å². The number of rotatable bonds is 4. The summed E-state index contributed by atoms with van der Waals surface area (Å²) < 4.78 is 7.44. The third-order valence-corrected chi connectivity index (χ3v) is 2.61. The molecule has 6 heteroatoms. The number of aromatic nitrogens is 3. The number of methoxy groups -OCH3 is 1. The maximum Gasteiger partial charge on any atom is 0.347 e. The first-order valence-corrected chi connectivity index (χ1v) is 4.95. The first-order chi connectivity index (χ1) is 7.40. The van der Waals surface area contributed by atoms with Crippen molar-refractivity contribution in [3.63, 3.8) is 0 Å². The molecule has 0 aliphatic rings.